The minimum atomic E-state index is -2.01. The molecule has 0 saturated carbocycles. The van der Waals surface area contributed by atoms with E-state index < -0.39 is 119 Å². The Bertz CT molecular complexity index is 2560. The molecule has 1 unspecified atom stereocenters. The molecule has 81 heavy (non-hydrogen) atoms. The monoisotopic (exact) mass is 1160 g/mol. The number of methoxy groups -OCH3 is 2. The molecule has 3 fully saturated rings. The van der Waals surface area contributed by atoms with E-state index in [1.54, 1.807) is 61.5 Å². The van der Waals surface area contributed by atoms with E-state index in [4.69, 9.17) is 42.7 Å². The molecule has 2 aromatic rings. The van der Waals surface area contributed by atoms with Crippen molar-refractivity contribution < 1.29 is 82.6 Å². The number of carboxylic acid groups (broad SMARTS) is 1. The van der Waals surface area contributed by atoms with E-state index in [2.05, 4.69) is 16.5 Å². The summed E-state index contributed by atoms with van der Waals surface area (Å²) in [6.45, 7) is 19.5. The fourth-order valence-electron chi connectivity index (χ4n) is 12.5. The standard InChI is InChI=1S/C58H92N4O18S/c1-16-42-58(11,71)50(66)33(5)45(60-74-29-72-14)30(2)26-56(9,70)51(80-55-48(65)41(61(12)13)23-32(4)75-55)34(6)49(35(7)54(69)77-42)79-44-27-57(10,73-15)52(36(8)76-44)78-43(63)19-20-59-21-22-81-38-24-37-18-17-31(3)62-28-40(53(67)68)47(64)39(25-38)46(37)62/h24-25,28,30-36,41-42,44,48-52,55,59,65-66,70-71H,16-23,26-27,29H2,1-15H3,(H,67,68)/b60-45+/t30-,31?,32+,33+,34+,35-,36+,41-,42-,44+,48+,49+,50-,51-,52+,55-,56-,57-,58-/m1/s1. The number of carbonyl (C=O) groups excluding carboxylic acids is 2. The molecule has 3 saturated heterocycles. The summed E-state index contributed by atoms with van der Waals surface area (Å²) in [5, 5.41) is 66.6. The molecule has 1 aromatic heterocycles. The van der Waals surface area contributed by atoms with Crippen molar-refractivity contribution in [1.82, 2.24) is 14.8 Å². The minimum absolute atomic E-state index is 0.0102. The van der Waals surface area contributed by atoms with Gasteiger partial charge in [0, 0.05) is 85.8 Å². The number of aliphatic hydroxyl groups excluding tert-OH is 2. The SMILES string of the molecule is CC[C@H]1OC(=O)[C@H](C)[C@@H](O[C@H]2C[C@@](C)(OC)[C@@H](OC(=O)CCNCCSc3cc4c5c(c3)c(=O)c(C(=O)O)cn5C(C)CC4)[C@H](C)O2)[C@H](C)[C@@H](O[C@H]2O[C@@H](C)C[C@@H](N(C)C)[C@@H]2O)[C@](C)(O)C[C@@H](C)/C(=N\OCOC)[C@H](C)[C@@H](O)[C@]1(C)O. The lowest BCUT2D eigenvalue weighted by molar-refractivity contribution is -0.318. The van der Waals surface area contributed by atoms with Crippen molar-refractivity contribution in [2.75, 3.05) is 54.0 Å². The fourth-order valence-corrected chi connectivity index (χ4v) is 13.4. The molecule has 0 aliphatic carbocycles. The predicted molar refractivity (Wildman–Crippen MR) is 302 cm³/mol. The second-order valence-corrected chi connectivity index (χ2v) is 25.1. The number of aryl methyl sites for hydroxylation is 1. The number of cyclic esters (lactones) is 1. The molecule has 1 aromatic carbocycles. The summed E-state index contributed by atoms with van der Waals surface area (Å²) >= 11 is 1.53. The zero-order valence-corrected chi connectivity index (χ0v) is 50.9. The average molecular weight is 1170 g/mol. The van der Waals surface area contributed by atoms with E-state index in [9.17, 15) is 44.7 Å². The molecular weight excluding hydrogens is 1070 g/mol. The molecule has 5 heterocycles. The van der Waals surface area contributed by atoms with Gasteiger partial charge in [0.05, 0.1) is 59.7 Å². The Morgan fingerprint density at radius 1 is 0.951 bits per heavy atom. The molecule has 4 aliphatic heterocycles. The van der Waals surface area contributed by atoms with E-state index >= 15 is 0 Å². The highest BCUT2D eigenvalue weighted by Crippen LogP contribution is 2.42. The largest absolute Gasteiger partial charge is 0.477 e. The number of carbonyl (C=O) groups is 3. The van der Waals surface area contributed by atoms with E-state index in [1.807, 2.05) is 37.4 Å². The second kappa shape index (κ2) is 27.9. The van der Waals surface area contributed by atoms with E-state index in [1.165, 1.54) is 39.1 Å². The molecule has 0 spiro atoms. The average Bonchev–Trinajstić information content (AvgIpc) is 3.57. The number of hydrogen-bond donors (Lipinski definition) is 6. The van der Waals surface area contributed by atoms with Crippen LogP contribution in [0.3, 0.4) is 0 Å². The smallest absolute Gasteiger partial charge is 0.341 e. The van der Waals surface area contributed by atoms with Crippen LogP contribution in [0.5, 0.6) is 0 Å². The van der Waals surface area contributed by atoms with Crippen LogP contribution < -0.4 is 10.7 Å². The molecule has 0 radical (unpaired) electrons. The number of aromatic nitrogens is 1. The Labute approximate surface area is 480 Å². The van der Waals surface area contributed by atoms with Gasteiger partial charge in [-0.1, -0.05) is 32.9 Å². The number of aromatic carboxylic acids is 1. The first-order valence-electron chi connectivity index (χ1n) is 28.5. The number of nitrogens with zero attached hydrogens (tertiary/aromatic N) is 3. The van der Waals surface area contributed by atoms with Gasteiger partial charge in [0.15, 0.2) is 18.7 Å². The molecule has 19 atom stereocenters. The number of pyridine rings is 1. The van der Waals surface area contributed by atoms with Gasteiger partial charge in [0.2, 0.25) is 12.2 Å². The first-order chi connectivity index (χ1) is 38.0. The van der Waals surface area contributed by atoms with Crippen LogP contribution in [0.25, 0.3) is 10.9 Å². The topological polar surface area (TPSA) is 285 Å². The molecule has 4 aliphatic rings. The van der Waals surface area contributed by atoms with Crippen molar-refractivity contribution in [3.63, 3.8) is 0 Å². The third kappa shape index (κ3) is 15.2. The molecule has 0 bridgehead atoms. The maximum atomic E-state index is 14.7. The van der Waals surface area contributed by atoms with Gasteiger partial charge >= 0.3 is 17.9 Å². The summed E-state index contributed by atoms with van der Waals surface area (Å²) < 4.78 is 52.0. The lowest BCUT2D eigenvalue weighted by Crippen LogP contribution is -2.61. The van der Waals surface area contributed by atoms with Gasteiger partial charge in [0.1, 0.15) is 29.0 Å². The lowest BCUT2D eigenvalue weighted by Gasteiger charge is -2.49. The highest BCUT2D eigenvalue weighted by atomic mass is 32.2. The van der Waals surface area contributed by atoms with Crippen LogP contribution in [-0.4, -0.2) is 197 Å². The van der Waals surface area contributed by atoms with Gasteiger partial charge in [-0.15, -0.1) is 11.8 Å². The number of ether oxygens (including phenoxy) is 8. The Morgan fingerprint density at radius 2 is 1.65 bits per heavy atom. The lowest BCUT2D eigenvalue weighted by atomic mass is 9.73. The third-order valence-corrected chi connectivity index (χ3v) is 18.2. The molecule has 6 rings (SSSR count). The van der Waals surface area contributed by atoms with Crippen molar-refractivity contribution in [3.05, 3.63) is 39.7 Å². The quantitative estimate of drug-likeness (QED) is 0.0353. The number of likely N-dealkylation sites (N-methyl/N-ethyl adjacent to an activating group) is 1. The van der Waals surface area contributed by atoms with Crippen molar-refractivity contribution in [3.8, 4) is 0 Å². The van der Waals surface area contributed by atoms with E-state index in [-0.39, 0.29) is 61.9 Å². The number of nitrogens with one attached hydrogen (secondary N) is 1. The molecule has 23 heteroatoms. The Morgan fingerprint density at radius 3 is 2.30 bits per heavy atom. The highest BCUT2D eigenvalue weighted by molar-refractivity contribution is 7.99. The number of rotatable bonds is 19. The number of carboxylic acids is 1. The number of esters is 2. The van der Waals surface area contributed by atoms with E-state index in [0.29, 0.717) is 30.6 Å². The maximum Gasteiger partial charge on any atom is 0.341 e. The maximum absolute atomic E-state index is 14.7. The normalized spacial score (nSPS) is 37.7. The number of thioether (sulfide) groups is 1. The second-order valence-electron chi connectivity index (χ2n) is 23.9. The van der Waals surface area contributed by atoms with Crippen molar-refractivity contribution >= 4 is 46.3 Å². The van der Waals surface area contributed by atoms with Gasteiger partial charge in [-0.05, 0) is 112 Å². The van der Waals surface area contributed by atoms with Crippen LogP contribution in [0.4, 0.5) is 0 Å². The summed E-state index contributed by atoms with van der Waals surface area (Å²) in [5.41, 5.74) is -3.70. The fraction of sp³-hybridized carbons (Fsp3) is 0.776. The van der Waals surface area contributed by atoms with Crippen LogP contribution in [0.15, 0.2) is 33.2 Å². The zero-order valence-electron chi connectivity index (χ0n) is 50.0. The van der Waals surface area contributed by atoms with Gasteiger partial charge in [-0.3, -0.25) is 14.4 Å². The number of benzene rings is 1. The summed E-state index contributed by atoms with van der Waals surface area (Å²) in [7, 11) is 6.62. The molecule has 22 nitrogen and oxygen atoms in total. The third-order valence-electron chi connectivity index (χ3n) is 17.2. The molecular formula is C58H92N4O18S. The van der Waals surface area contributed by atoms with Crippen LogP contribution in [0.1, 0.15) is 137 Å². The van der Waals surface area contributed by atoms with Crippen molar-refractivity contribution in [2.45, 2.75) is 216 Å². The van der Waals surface area contributed by atoms with Gasteiger partial charge in [-0.25, -0.2) is 4.79 Å². The minimum Gasteiger partial charge on any atom is -0.477 e. The summed E-state index contributed by atoms with van der Waals surface area (Å²) in [4.78, 5) is 61.7. The first kappa shape index (κ1) is 66.3. The van der Waals surface area contributed by atoms with Crippen molar-refractivity contribution in [2.24, 2.45) is 28.8 Å². The van der Waals surface area contributed by atoms with Crippen LogP contribution >= 0.6 is 11.8 Å². The number of hydrogen-bond acceptors (Lipinski definition) is 21. The summed E-state index contributed by atoms with van der Waals surface area (Å²) in [6, 6.07) is 3.52. The van der Waals surface area contributed by atoms with Gasteiger partial charge < -0.3 is 83.0 Å². The molecule has 6 N–H and O–H groups in total. The van der Waals surface area contributed by atoms with Crippen LogP contribution in [-0.2, 0) is 58.7 Å². The van der Waals surface area contributed by atoms with Crippen molar-refractivity contribution in [1.29, 1.82) is 0 Å². The summed E-state index contributed by atoms with van der Waals surface area (Å²) in [6.07, 6.45) is -7.13. The Kier molecular flexibility index (Phi) is 22.9. The Balaban J connectivity index is 1.20. The highest BCUT2D eigenvalue weighted by Gasteiger charge is 2.54. The first-order valence-corrected chi connectivity index (χ1v) is 29.5. The van der Waals surface area contributed by atoms with Crippen LogP contribution in [0, 0.1) is 23.7 Å². The molecule has 458 valence electrons. The van der Waals surface area contributed by atoms with Gasteiger partial charge in [-0.2, -0.15) is 0 Å². The number of oxime groups is 1. The Hall–Kier alpha value is -3.82. The van der Waals surface area contributed by atoms with Gasteiger partial charge in [0.25, 0.3) is 0 Å². The predicted octanol–water partition coefficient (Wildman–Crippen LogP) is 5.04. The zero-order chi connectivity index (χ0) is 60.1. The summed E-state index contributed by atoms with van der Waals surface area (Å²) in [5.74, 6) is -5.54. The van der Waals surface area contributed by atoms with E-state index in [0.717, 1.165) is 28.8 Å². The number of aliphatic hydroxyl groups is 4. The van der Waals surface area contributed by atoms with Crippen LogP contribution in [0.2, 0.25) is 0 Å². The molecule has 0 amide bonds.